The topological polar surface area (TPSA) is 76.5 Å². The zero-order valence-corrected chi connectivity index (χ0v) is 12.2. The van der Waals surface area contributed by atoms with Gasteiger partial charge in [0.1, 0.15) is 0 Å². The molecule has 1 aromatic rings. The average Bonchev–Trinajstić information content (AvgIpc) is 2.44. The van der Waals surface area contributed by atoms with Crippen LogP contribution in [0.25, 0.3) is 0 Å². The molecule has 5 nitrogen and oxygen atoms in total. The maximum absolute atomic E-state index is 12.3. The van der Waals surface area contributed by atoms with Crippen LogP contribution in [0.4, 0.5) is 0 Å². The maximum atomic E-state index is 12.3. The zero-order valence-electron chi connectivity index (χ0n) is 11.3. The van der Waals surface area contributed by atoms with E-state index in [0.29, 0.717) is 16.9 Å². The first-order valence-corrected chi connectivity index (χ1v) is 7.61. The molecule has 1 aromatic carbocycles. The van der Waals surface area contributed by atoms with E-state index in [1.807, 2.05) is 6.92 Å². The van der Waals surface area contributed by atoms with E-state index < -0.39 is 15.7 Å². The van der Waals surface area contributed by atoms with Crippen LogP contribution in [0.1, 0.15) is 23.7 Å². The standard InChI is InChI=1S/C13H19NO4S/c1-10(17-2)8-9-19(14,16)12-6-4-11(5-7-12)13(15)18-3/h4-7,10,14H,8-9H2,1-3H3. The fourth-order valence-electron chi connectivity index (χ4n) is 1.50. The second-order valence-electron chi connectivity index (χ2n) is 4.23. The van der Waals surface area contributed by atoms with Crippen molar-refractivity contribution >= 4 is 15.7 Å². The first-order valence-electron chi connectivity index (χ1n) is 5.88. The monoisotopic (exact) mass is 285 g/mol. The van der Waals surface area contributed by atoms with Gasteiger partial charge in [-0.2, -0.15) is 0 Å². The number of hydrogen-bond donors (Lipinski definition) is 1. The van der Waals surface area contributed by atoms with Crippen LogP contribution in [0.3, 0.4) is 0 Å². The third-order valence-corrected chi connectivity index (χ3v) is 4.71. The molecule has 0 spiro atoms. The van der Waals surface area contributed by atoms with Crippen LogP contribution in [-0.4, -0.2) is 36.3 Å². The van der Waals surface area contributed by atoms with Crippen molar-refractivity contribution in [2.75, 3.05) is 20.0 Å². The lowest BCUT2D eigenvalue weighted by Crippen LogP contribution is -2.13. The summed E-state index contributed by atoms with van der Waals surface area (Å²) in [7, 11) is 0.0398. The van der Waals surface area contributed by atoms with Gasteiger partial charge < -0.3 is 9.47 Å². The molecule has 0 fully saturated rings. The predicted octanol–water partition coefficient (Wildman–Crippen LogP) is 2.30. The van der Waals surface area contributed by atoms with Gasteiger partial charge in [-0.3, -0.25) is 0 Å². The van der Waals surface area contributed by atoms with Crippen LogP contribution >= 0.6 is 0 Å². The Morgan fingerprint density at radius 3 is 2.37 bits per heavy atom. The van der Waals surface area contributed by atoms with E-state index in [0.717, 1.165) is 0 Å². The summed E-state index contributed by atoms with van der Waals surface area (Å²) in [6.45, 7) is 1.87. The van der Waals surface area contributed by atoms with E-state index in [1.165, 1.54) is 19.2 Å². The first kappa shape index (κ1) is 15.7. The van der Waals surface area contributed by atoms with Crippen LogP contribution in [0.2, 0.25) is 0 Å². The zero-order chi connectivity index (χ0) is 14.5. The van der Waals surface area contributed by atoms with Crippen molar-refractivity contribution in [2.24, 2.45) is 0 Å². The predicted molar refractivity (Wildman–Crippen MR) is 72.9 cm³/mol. The Morgan fingerprint density at radius 1 is 1.32 bits per heavy atom. The van der Waals surface area contributed by atoms with Crippen LogP contribution < -0.4 is 0 Å². The molecule has 2 unspecified atom stereocenters. The molecule has 0 aliphatic rings. The highest BCUT2D eigenvalue weighted by molar-refractivity contribution is 7.92. The van der Waals surface area contributed by atoms with Gasteiger partial charge in [-0.15, -0.1) is 0 Å². The number of esters is 1. The van der Waals surface area contributed by atoms with Crippen molar-refractivity contribution in [1.29, 1.82) is 4.78 Å². The molecular weight excluding hydrogens is 266 g/mol. The third kappa shape index (κ3) is 4.33. The molecular formula is C13H19NO4S. The number of rotatable bonds is 6. The number of methoxy groups -OCH3 is 2. The van der Waals surface area contributed by atoms with Crippen molar-refractivity contribution in [1.82, 2.24) is 0 Å². The maximum Gasteiger partial charge on any atom is 0.337 e. The van der Waals surface area contributed by atoms with Gasteiger partial charge in [-0.05, 0) is 37.6 Å². The second kappa shape index (κ2) is 6.68. The smallest absolute Gasteiger partial charge is 0.337 e. The highest BCUT2D eigenvalue weighted by atomic mass is 32.2. The summed E-state index contributed by atoms with van der Waals surface area (Å²) in [5.41, 5.74) is 0.381. The van der Waals surface area contributed by atoms with E-state index in [-0.39, 0.29) is 11.9 Å². The lowest BCUT2D eigenvalue weighted by atomic mass is 10.2. The van der Waals surface area contributed by atoms with Crippen molar-refractivity contribution < 1.29 is 18.5 Å². The number of benzene rings is 1. The van der Waals surface area contributed by atoms with Crippen molar-refractivity contribution in [3.63, 3.8) is 0 Å². The van der Waals surface area contributed by atoms with Crippen molar-refractivity contribution in [2.45, 2.75) is 24.3 Å². The van der Waals surface area contributed by atoms with Gasteiger partial charge in [0.15, 0.2) is 0 Å². The van der Waals surface area contributed by atoms with E-state index in [9.17, 15) is 9.00 Å². The minimum atomic E-state index is -2.85. The van der Waals surface area contributed by atoms with E-state index in [2.05, 4.69) is 4.74 Å². The molecule has 1 rings (SSSR count). The number of nitrogens with one attached hydrogen (secondary N) is 1. The molecule has 0 bridgehead atoms. The number of hydrogen-bond acceptors (Lipinski definition) is 5. The van der Waals surface area contributed by atoms with Crippen LogP contribution in [0.5, 0.6) is 0 Å². The van der Waals surface area contributed by atoms with Crippen LogP contribution in [0, 0.1) is 4.78 Å². The van der Waals surface area contributed by atoms with Crippen LogP contribution in [0.15, 0.2) is 29.2 Å². The van der Waals surface area contributed by atoms with Gasteiger partial charge in [-0.25, -0.2) is 13.8 Å². The Labute approximate surface area is 113 Å². The summed E-state index contributed by atoms with van der Waals surface area (Å²) in [4.78, 5) is 11.7. The Kier molecular flexibility index (Phi) is 5.50. The Morgan fingerprint density at radius 2 is 1.89 bits per heavy atom. The molecule has 19 heavy (non-hydrogen) atoms. The number of ether oxygens (including phenoxy) is 2. The summed E-state index contributed by atoms with van der Waals surface area (Å²) in [6, 6.07) is 6.13. The molecule has 0 aliphatic carbocycles. The summed E-state index contributed by atoms with van der Waals surface area (Å²) in [5.74, 6) is -0.212. The lowest BCUT2D eigenvalue weighted by molar-refractivity contribution is 0.0600. The summed E-state index contributed by atoms with van der Waals surface area (Å²) in [5, 5.41) is 0. The molecule has 0 aliphatic heterocycles. The molecule has 106 valence electrons. The molecule has 0 amide bonds. The second-order valence-corrected chi connectivity index (χ2v) is 6.46. The average molecular weight is 285 g/mol. The largest absolute Gasteiger partial charge is 0.465 e. The third-order valence-electron chi connectivity index (χ3n) is 2.87. The highest BCUT2D eigenvalue weighted by Crippen LogP contribution is 2.15. The van der Waals surface area contributed by atoms with E-state index in [1.54, 1.807) is 19.2 Å². The molecule has 0 saturated carbocycles. The molecule has 0 radical (unpaired) electrons. The highest BCUT2D eigenvalue weighted by Gasteiger charge is 2.13. The Hall–Kier alpha value is -1.40. The number of carbonyl (C=O) groups excluding carboxylic acids is 1. The van der Waals surface area contributed by atoms with Crippen molar-refractivity contribution in [3.8, 4) is 0 Å². The van der Waals surface area contributed by atoms with Gasteiger partial charge in [0, 0.05) is 17.8 Å². The van der Waals surface area contributed by atoms with Gasteiger partial charge in [0.2, 0.25) is 0 Å². The fourth-order valence-corrected chi connectivity index (χ4v) is 2.97. The van der Waals surface area contributed by atoms with Crippen LogP contribution in [-0.2, 0) is 19.2 Å². The molecule has 0 aromatic heterocycles. The molecule has 0 saturated heterocycles. The lowest BCUT2D eigenvalue weighted by Gasteiger charge is -2.12. The summed E-state index contributed by atoms with van der Waals surface area (Å²) in [6.07, 6.45) is 0.526. The molecule has 0 heterocycles. The van der Waals surface area contributed by atoms with Gasteiger partial charge in [0.25, 0.3) is 0 Å². The Balaban J connectivity index is 2.82. The van der Waals surface area contributed by atoms with E-state index >= 15 is 0 Å². The van der Waals surface area contributed by atoms with Gasteiger partial charge >= 0.3 is 5.97 Å². The minimum Gasteiger partial charge on any atom is -0.465 e. The minimum absolute atomic E-state index is 0.0273. The molecule has 2 atom stereocenters. The van der Waals surface area contributed by atoms with Crippen molar-refractivity contribution in [3.05, 3.63) is 29.8 Å². The molecule has 6 heteroatoms. The quantitative estimate of drug-likeness (QED) is 0.814. The summed E-state index contributed by atoms with van der Waals surface area (Å²) >= 11 is 0. The SMILES string of the molecule is COC(=O)c1ccc(S(=N)(=O)CCC(C)OC)cc1. The molecule has 1 N–H and O–H groups in total. The summed E-state index contributed by atoms with van der Waals surface area (Å²) < 4.78 is 29.8. The van der Waals surface area contributed by atoms with Gasteiger partial charge in [-0.1, -0.05) is 0 Å². The Bertz CT molecular complexity index is 522. The fraction of sp³-hybridized carbons (Fsp3) is 0.462. The number of carbonyl (C=O) groups is 1. The van der Waals surface area contributed by atoms with E-state index in [4.69, 9.17) is 9.52 Å². The van der Waals surface area contributed by atoms with Gasteiger partial charge in [0.05, 0.1) is 28.5 Å². The normalized spacial score (nSPS) is 15.5. The first-order chi connectivity index (χ1) is 8.90.